The molecule has 0 atom stereocenters. The molecule has 2 rings (SSSR count). The Balaban J connectivity index is 2.67. The number of rotatable bonds is 1. The standard InChI is InChI=1S/C11H11F3N2/c1-16-6-7(5-15)9-3-2-8(4-10(9)16)11(12,13)14/h2-4,6H,5,15H2,1H3. The van der Waals surface area contributed by atoms with Crippen molar-refractivity contribution in [1.29, 1.82) is 0 Å². The smallest absolute Gasteiger partial charge is 0.350 e. The fraction of sp³-hybridized carbons (Fsp3) is 0.273. The molecule has 0 saturated carbocycles. The first-order chi connectivity index (χ1) is 7.43. The van der Waals surface area contributed by atoms with Crippen LogP contribution in [0.2, 0.25) is 0 Å². The van der Waals surface area contributed by atoms with Gasteiger partial charge in [-0.25, -0.2) is 0 Å². The molecule has 0 unspecified atom stereocenters. The molecule has 0 aliphatic rings. The van der Waals surface area contributed by atoms with Gasteiger partial charge in [0.1, 0.15) is 0 Å². The van der Waals surface area contributed by atoms with E-state index >= 15 is 0 Å². The van der Waals surface area contributed by atoms with Crippen molar-refractivity contribution in [2.75, 3.05) is 0 Å². The van der Waals surface area contributed by atoms with Crippen LogP contribution in [0.15, 0.2) is 24.4 Å². The average molecular weight is 228 g/mol. The number of fused-ring (bicyclic) bond motifs is 1. The van der Waals surface area contributed by atoms with E-state index in [1.807, 2.05) is 0 Å². The highest BCUT2D eigenvalue weighted by atomic mass is 19.4. The molecule has 2 N–H and O–H groups in total. The zero-order chi connectivity index (χ0) is 11.9. The fourth-order valence-corrected chi connectivity index (χ4v) is 1.81. The van der Waals surface area contributed by atoms with Gasteiger partial charge in [0.05, 0.1) is 5.56 Å². The average Bonchev–Trinajstić information content (AvgIpc) is 2.54. The van der Waals surface area contributed by atoms with Crippen molar-refractivity contribution in [2.45, 2.75) is 12.7 Å². The van der Waals surface area contributed by atoms with E-state index in [1.165, 1.54) is 6.07 Å². The van der Waals surface area contributed by atoms with Gasteiger partial charge in [0.2, 0.25) is 0 Å². The topological polar surface area (TPSA) is 30.9 Å². The van der Waals surface area contributed by atoms with Crippen molar-refractivity contribution in [3.8, 4) is 0 Å². The lowest BCUT2D eigenvalue weighted by molar-refractivity contribution is -0.137. The lowest BCUT2D eigenvalue weighted by atomic mass is 10.1. The van der Waals surface area contributed by atoms with Crippen LogP contribution in [0.3, 0.4) is 0 Å². The Bertz CT molecular complexity index is 526. The van der Waals surface area contributed by atoms with Gasteiger partial charge in [-0.1, -0.05) is 6.07 Å². The number of aromatic nitrogens is 1. The van der Waals surface area contributed by atoms with Crippen LogP contribution >= 0.6 is 0 Å². The van der Waals surface area contributed by atoms with Crippen molar-refractivity contribution < 1.29 is 13.2 Å². The van der Waals surface area contributed by atoms with E-state index in [1.54, 1.807) is 17.8 Å². The van der Waals surface area contributed by atoms with E-state index in [0.717, 1.165) is 23.1 Å². The normalized spacial score (nSPS) is 12.3. The first-order valence-electron chi connectivity index (χ1n) is 4.78. The summed E-state index contributed by atoms with van der Waals surface area (Å²) in [5, 5.41) is 0.776. The van der Waals surface area contributed by atoms with E-state index in [-0.39, 0.29) is 0 Å². The predicted octanol–water partition coefficient (Wildman–Crippen LogP) is 2.66. The Hall–Kier alpha value is -1.49. The van der Waals surface area contributed by atoms with Crippen LogP contribution in [0.1, 0.15) is 11.1 Å². The summed E-state index contributed by atoms with van der Waals surface area (Å²) in [4.78, 5) is 0. The number of hydrogen-bond acceptors (Lipinski definition) is 1. The van der Waals surface area contributed by atoms with Crippen LogP contribution in [-0.2, 0) is 19.8 Å². The molecule has 86 valence electrons. The molecule has 16 heavy (non-hydrogen) atoms. The van der Waals surface area contributed by atoms with E-state index in [2.05, 4.69) is 0 Å². The summed E-state index contributed by atoms with van der Waals surface area (Å²) in [5.41, 5.74) is 6.29. The third-order valence-electron chi connectivity index (χ3n) is 2.62. The van der Waals surface area contributed by atoms with Crippen molar-refractivity contribution in [1.82, 2.24) is 4.57 Å². The molecule has 2 aromatic rings. The number of nitrogens with two attached hydrogens (primary N) is 1. The number of aryl methyl sites for hydroxylation is 1. The van der Waals surface area contributed by atoms with E-state index in [4.69, 9.17) is 5.73 Å². The number of nitrogens with zero attached hydrogens (tertiary/aromatic N) is 1. The summed E-state index contributed by atoms with van der Waals surface area (Å²) < 4.78 is 39.2. The highest BCUT2D eigenvalue weighted by Crippen LogP contribution is 2.32. The van der Waals surface area contributed by atoms with E-state index in [0.29, 0.717) is 12.1 Å². The summed E-state index contributed by atoms with van der Waals surface area (Å²) in [6.07, 6.45) is -2.55. The Morgan fingerprint density at radius 3 is 2.56 bits per heavy atom. The predicted molar refractivity (Wildman–Crippen MR) is 55.8 cm³/mol. The van der Waals surface area contributed by atoms with Crippen molar-refractivity contribution in [3.05, 3.63) is 35.5 Å². The van der Waals surface area contributed by atoms with Gasteiger partial charge in [0, 0.05) is 30.7 Å². The Kier molecular flexibility index (Phi) is 2.42. The molecule has 2 nitrogen and oxygen atoms in total. The van der Waals surface area contributed by atoms with E-state index in [9.17, 15) is 13.2 Å². The number of halogens is 3. The fourth-order valence-electron chi connectivity index (χ4n) is 1.81. The van der Waals surface area contributed by atoms with Crippen molar-refractivity contribution in [3.63, 3.8) is 0 Å². The number of benzene rings is 1. The molecule has 0 aliphatic heterocycles. The first kappa shape index (κ1) is 11.0. The van der Waals surface area contributed by atoms with Gasteiger partial charge >= 0.3 is 6.18 Å². The van der Waals surface area contributed by atoms with Gasteiger partial charge in [0.25, 0.3) is 0 Å². The molecular formula is C11H11F3N2. The molecule has 0 spiro atoms. The zero-order valence-electron chi connectivity index (χ0n) is 8.67. The van der Waals surface area contributed by atoms with Crippen LogP contribution in [0.5, 0.6) is 0 Å². The number of alkyl halides is 3. The first-order valence-corrected chi connectivity index (χ1v) is 4.78. The third kappa shape index (κ3) is 1.67. The van der Waals surface area contributed by atoms with Crippen LogP contribution < -0.4 is 5.73 Å². The maximum atomic E-state index is 12.5. The second-order valence-corrected chi connectivity index (χ2v) is 3.70. The van der Waals surface area contributed by atoms with Gasteiger partial charge in [-0.2, -0.15) is 13.2 Å². The Morgan fingerprint density at radius 2 is 2.00 bits per heavy atom. The van der Waals surface area contributed by atoms with Crippen LogP contribution in [0.4, 0.5) is 13.2 Å². The zero-order valence-corrected chi connectivity index (χ0v) is 8.67. The summed E-state index contributed by atoms with van der Waals surface area (Å²) in [5.74, 6) is 0. The van der Waals surface area contributed by atoms with Crippen LogP contribution in [0, 0.1) is 0 Å². The molecule has 0 aliphatic carbocycles. The maximum Gasteiger partial charge on any atom is 0.416 e. The Labute approximate surface area is 90.5 Å². The Morgan fingerprint density at radius 1 is 1.31 bits per heavy atom. The van der Waals surface area contributed by atoms with E-state index < -0.39 is 11.7 Å². The molecule has 0 saturated heterocycles. The minimum atomic E-state index is -4.30. The highest BCUT2D eigenvalue weighted by molar-refractivity contribution is 5.84. The van der Waals surface area contributed by atoms with Gasteiger partial charge in [-0.3, -0.25) is 0 Å². The largest absolute Gasteiger partial charge is 0.416 e. The minimum absolute atomic E-state index is 0.322. The number of hydrogen-bond donors (Lipinski definition) is 1. The second-order valence-electron chi connectivity index (χ2n) is 3.70. The second kappa shape index (κ2) is 3.52. The quantitative estimate of drug-likeness (QED) is 0.799. The molecule has 1 heterocycles. The van der Waals surface area contributed by atoms with Crippen LogP contribution in [0.25, 0.3) is 10.9 Å². The summed E-state index contributed by atoms with van der Waals surface area (Å²) in [7, 11) is 1.71. The molecule has 0 amide bonds. The lowest BCUT2D eigenvalue weighted by Gasteiger charge is -2.07. The monoisotopic (exact) mass is 228 g/mol. The molecular weight excluding hydrogens is 217 g/mol. The molecule has 0 radical (unpaired) electrons. The van der Waals surface area contributed by atoms with Gasteiger partial charge in [0.15, 0.2) is 0 Å². The molecule has 0 bridgehead atoms. The van der Waals surface area contributed by atoms with Gasteiger partial charge in [-0.05, 0) is 17.7 Å². The van der Waals surface area contributed by atoms with Crippen molar-refractivity contribution in [2.24, 2.45) is 12.8 Å². The summed E-state index contributed by atoms with van der Waals surface area (Å²) in [6.45, 7) is 0.322. The lowest BCUT2D eigenvalue weighted by Crippen LogP contribution is -2.04. The molecule has 0 fully saturated rings. The van der Waals surface area contributed by atoms with Crippen LogP contribution in [-0.4, -0.2) is 4.57 Å². The molecule has 5 heteroatoms. The minimum Gasteiger partial charge on any atom is -0.350 e. The molecule has 1 aromatic heterocycles. The SMILES string of the molecule is Cn1cc(CN)c2ccc(C(F)(F)F)cc21. The summed E-state index contributed by atoms with van der Waals surface area (Å²) >= 11 is 0. The molecule has 1 aromatic carbocycles. The third-order valence-corrected chi connectivity index (χ3v) is 2.62. The van der Waals surface area contributed by atoms with Gasteiger partial charge in [-0.15, -0.1) is 0 Å². The highest BCUT2D eigenvalue weighted by Gasteiger charge is 2.30. The maximum absolute atomic E-state index is 12.5. The van der Waals surface area contributed by atoms with Crippen molar-refractivity contribution >= 4 is 10.9 Å². The van der Waals surface area contributed by atoms with Gasteiger partial charge < -0.3 is 10.3 Å². The summed E-state index contributed by atoms with van der Waals surface area (Å²) in [6, 6.07) is 3.70.